The number of fused-ring (bicyclic) bond motifs is 2. The van der Waals surface area contributed by atoms with Crippen LogP contribution in [0.25, 0.3) is 34.0 Å². The van der Waals surface area contributed by atoms with Crippen LogP contribution in [0.3, 0.4) is 0 Å². The lowest BCUT2D eigenvalue weighted by atomic mass is 10.0. The SMILES string of the molecule is Cc1ccc(/C=C/c2c3ccccc3nc3ccccc23)cc1. The van der Waals surface area contributed by atoms with Crippen LogP contribution in [0.4, 0.5) is 0 Å². The Balaban J connectivity index is 1.93. The third kappa shape index (κ3) is 2.62. The van der Waals surface area contributed by atoms with Crippen molar-refractivity contribution in [3.63, 3.8) is 0 Å². The van der Waals surface area contributed by atoms with Crippen LogP contribution >= 0.6 is 0 Å². The minimum atomic E-state index is 1.04. The van der Waals surface area contributed by atoms with E-state index in [0.717, 1.165) is 11.0 Å². The van der Waals surface area contributed by atoms with Gasteiger partial charge >= 0.3 is 0 Å². The van der Waals surface area contributed by atoms with Gasteiger partial charge in [-0.05, 0) is 30.2 Å². The Bertz CT molecular complexity index is 957. The quantitative estimate of drug-likeness (QED) is 0.422. The Labute approximate surface area is 135 Å². The van der Waals surface area contributed by atoms with Gasteiger partial charge in [-0.2, -0.15) is 0 Å². The van der Waals surface area contributed by atoms with Gasteiger partial charge in [-0.25, -0.2) is 4.98 Å². The molecular weight excluding hydrogens is 278 g/mol. The third-order valence-electron chi connectivity index (χ3n) is 4.15. The summed E-state index contributed by atoms with van der Waals surface area (Å²) in [6.07, 6.45) is 4.38. The van der Waals surface area contributed by atoms with Crippen LogP contribution in [0, 0.1) is 6.92 Å². The van der Waals surface area contributed by atoms with E-state index in [0.29, 0.717) is 0 Å². The van der Waals surface area contributed by atoms with E-state index < -0.39 is 0 Å². The third-order valence-corrected chi connectivity index (χ3v) is 4.15. The van der Waals surface area contributed by atoms with Crippen molar-refractivity contribution in [1.29, 1.82) is 0 Å². The number of aromatic nitrogens is 1. The molecule has 0 unspecified atom stereocenters. The van der Waals surface area contributed by atoms with Crippen molar-refractivity contribution in [2.75, 3.05) is 0 Å². The zero-order valence-electron chi connectivity index (χ0n) is 13.0. The number of para-hydroxylation sites is 2. The second-order valence-corrected chi connectivity index (χ2v) is 5.80. The Morgan fingerprint density at radius 1 is 0.652 bits per heavy atom. The summed E-state index contributed by atoms with van der Waals surface area (Å²) in [5.41, 5.74) is 5.79. The molecule has 1 aromatic heterocycles. The van der Waals surface area contributed by atoms with Gasteiger partial charge in [0.2, 0.25) is 0 Å². The van der Waals surface area contributed by atoms with Crippen LogP contribution in [-0.4, -0.2) is 4.98 Å². The molecule has 0 amide bonds. The maximum absolute atomic E-state index is 4.77. The standard InChI is InChI=1S/C22H17N/c1-16-10-12-17(13-11-16)14-15-18-19-6-2-4-8-21(19)23-22-9-5-3-7-20(18)22/h2-15H,1H3/b15-14+. The molecule has 1 nitrogen and oxygen atoms in total. The maximum Gasteiger partial charge on any atom is 0.0715 e. The van der Waals surface area contributed by atoms with Crippen molar-refractivity contribution in [3.05, 3.63) is 89.5 Å². The number of rotatable bonds is 2. The smallest absolute Gasteiger partial charge is 0.0715 e. The first-order chi connectivity index (χ1) is 11.3. The molecular formula is C22H17N. The normalized spacial score (nSPS) is 11.5. The molecule has 1 heteroatoms. The van der Waals surface area contributed by atoms with E-state index in [9.17, 15) is 0 Å². The number of nitrogens with zero attached hydrogens (tertiary/aromatic N) is 1. The van der Waals surface area contributed by atoms with E-state index in [-0.39, 0.29) is 0 Å². The van der Waals surface area contributed by atoms with Gasteiger partial charge in [0.05, 0.1) is 11.0 Å². The highest BCUT2D eigenvalue weighted by Gasteiger charge is 2.05. The Morgan fingerprint density at radius 3 is 1.83 bits per heavy atom. The molecule has 0 atom stereocenters. The van der Waals surface area contributed by atoms with Crippen LogP contribution in [-0.2, 0) is 0 Å². The van der Waals surface area contributed by atoms with Crippen LogP contribution in [0.5, 0.6) is 0 Å². The predicted molar refractivity (Wildman–Crippen MR) is 99.4 cm³/mol. The highest BCUT2D eigenvalue weighted by Crippen LogP contribution is 2.27. The molecule has 110 valence electrons. The number of benzene rings is 3. The molecule has 0 aliphatic rings. The zero-order chi connectivity index (χ0) is 15.6. The first-order valence-electron chi connectivity index (χ1n) is 7.83. The van der Waals surface area contributed by atoms with Crippen molar-refractivity contribution < 1.29 is 0 Å². The largest absolute Gasteiger partial charge is 0.248 e. The lowest BCUT2D eigenvalue weighted by Gasteiger charge is -2.07. The summed E-state index contributed by atoms with van der Waals surface area (Å²) in [4.78, 5) is 4.77. The van der Waals surface area contributed by atoms with Crippen molar-refractivity contribution >= 4 is 34.0 Å². The molecule has 3 aromatic carbocycles. The number of aryl methyl sites for hydroxylation is 1. The van der Waals surface area contributed by atoms with Gasteiger partial charge in [-0.3, -0.25) is 0 Å². The summed E-state index contributed by atoms with van der Waals surface area (Å²) in [5, 5.41) is 2.38. The second-order valence-electron chi connectivity index (χ2n) is 5.80. The van der Waals surface area contributed by atoms with Gasteiger partial charge < -0.3 is 0 Å². The first-order valence-corrected chi connectivity index (χ1v) is 7.83. The van der Waals surface area contributed by atoms with Crippen molar-refractivity contribution in [1.82, 2.24) is 4.98 Å². The molecule has 0 saturated heterocycles. The van der Waals surface area contributed by atoms with Crippen LogP contribution in [0.15, 0.2) is 72.8 Å². The molecule has 4 rings (SSSR count). The summed E-state index contributed by atoms with van der Waals surface area (Å²) in [7, 11) is 0. The van der Waals surface area contributed by atoms with Gasteiger partial charge in [0.1, 0.15) is 0 Å². The van der Waals surface area contributed by atoms with E-state index in [1.165, 1.54) is 27.5 Å². The fourth-order valence-electron chi connectivity index (χ4n) is 2.91. The second kappa shape index (κ2) is 5.69. The minimum Gasteiger partial charge on any atom is -0.248 e. The van der Waals surface area contributed by atoms with Crippen molar-refractivity contribution in [2.45, 2.75) is 6.92 Å². The van der Waals surface area contributed by atoms with E-state index in [1.807, 2.05) is 12.1 Å². The summed E-state index contributed by atoms with van der Waals surface area (Å²) >= 11 is 0. The van der Waals surface area contributed by atoms with E-state index in [4.69, 9.17) is 4.98 Å². The number of pyridine rings is 1. The van der Waals surface area contributed by atoms with Crippen LogP contribution < -0.4 is 0 Å². The maximum atomic E-state index is 4.77. The number of hydrogen-bond donors (Lipinski definition) is 0. The molecule has 0 radical (unpaired) electrons. The van der Waals surface area contributed by atoms with Crippen molar-refractivity contribution in [2.24, 2.45) is 0 Å². The van der Waals surface area contributed by atoms with Gasteiger partial charge in [-0.15, -0.1) is 0 Å². The fourth-order valence-corrected chi connectivity index (χ4v) is 2.91. The lowest BCUT2D eigenvalue weighted by Crippen LogP contribution is -1.87. The average Bonchev–Trinajstić information content (AvgIpc) is 2.60. The minimum absolute atomic E-state index is 1.04. The molecule has 0 fully saturated rings. The van der Waals surface area contributed by atoms with E-state index in [2.05, 4.69) is 79.7 Å². The lowest BCUT2D eigenvalue weighted by molar-refractivity contribution is 1.46. The highest BCUT2D eigenvalue weighted by atomic mass is 14.7. The molecule has 0 aliphatic carbocycles. The number of hydrogen-bond acceptors (Lipinski definition) is 1. The predicted octanol–water partition coefficient (Wildman–Crippen LogP) is 5.87. The molecule has 0 aliphatic heterocycles. The molecule has 23 heavy (non-hydrogen) atoms. The molecule has 0 bridgehead atoms. The molecule has 0 saturated carbocycles. The monoisotopic (exact) mass is 295 g/mol. The van der Waals surface area contributed by atoms with Crippen LogP contribution in [0.2, 0.25) is 0 Å². The molecule has 0 spiro atoms. The highest BCUT2D eigenvalue weighted by molar-refractivity contribution is 6.04. The van der Waals surface area contributed by atoms with E-state index in [1.54, 1.807) is 0 Å². The van der Waals surface area contributed by atoms with Crippen LogP contribution in [0.1, 0.15) is 16.7 Å². The molecule has 1 heterocycles. The Hall–Kier alpha value is -2.93. The fraction of sp³-hybridized carbons (Fsp3) is 0.0455. The topological polar surface area (TPSA) is 12.9 Å². The Morgan fingerprint density at radius 2 is 1.22 bits per heavy atom. The Kier molecular flexibility index (Phi) is 3.39. The van der Waals surface area contributed by atoms with Gasteiger partial charge in [-0.1, -0.05) is 78.4 Å². The summed E-state index contributed by atoms with van der Waals surface area (Å²) in [6, 6.07) is 25.2. The molecule has 0 N–H and O–H groups in total. The van der Waals surface area contributed by atoms with Crippen molar-refractivity contribution in [3.8, 4) is 0 Å². The van der Waals surface area contributed by atoms with Gasteiger partial charge in [0, 0.05) is 10.8 Å². The first kappa shape index (κ1) is 13.7. The van der Waals surface area contributed by atoms with E-state index >= 15 is 0 Å². The summed E-state index contributed by atoms with van der Waals surface area (Å²) < 4.78 is 0. The zero-order valence-corrected chi connectivity index (χ0v) is 13.0. The van der Waals surface area contributed by atoms with Gasteiger partial charge in [0.25, 0.3) is 0 Å². The average molecular weight is 295 g/mol. The molecule has 4 aromatic rings. The summed E-state index contributed by atoms with van der Waals surface area (Å²) in [6.45, 7) is 2.11. The van der Waals surface area contributed by atoms with Gasteiger partial charge in [0.15, 0.2) is 0 Å². The summed E-state index contributed by atoms with van der Waals surface area (Å²) in [5.74, 6) is 0.